The minimum Gasteiger partial charge on any atom is -0.382 e. The van der Waals surface area contributed by atoms with Crippen molar-refractivity contribution in [2.45, 2.75) is 13.8 Å². The van der Waals surface area contributed by atoms with Crippen LogP contribution in [-0.4, -0.2) is 61.5 Å². The van der Waals surface area contributed by atoms with Crippen LogP contribution >= 0.6 is 11.3 Å². The van der Waals surface area contributed by atoms with Gasteiger partial charge < -0.3 is 20.9 Å². The molecule has 0 aliphatic carbocycles. The molecule has 0 spiro atoms. The summed E-state index contributed by atoms with van der Waals surface area (Å²) in [6.07, 6.45) is 0. The van der Waals surface area contributed by atoms with Crippen molar-refractivity contribution in [3.63, 3.8) is 0 Å². The fraction of sp³-hybridized carbons (Fsp3) is 0.692. The molecular weight excluding hydrogens is 274 g/mol. The second-order valence-corrected chi connectivity index (χ2v) is 6.43. The van der Waals surface area contributed by atoms with Gasteiger partial charge in [-0.25, -0.2) is 4.98 Å². The predicted molar refractivity (Wildman–Crippen MR) is 85.4 cm³/mol. The van der Waals surface area contributed by atoms with E-state index in [2.05, 4.69) is 29.0 Å². The van der Waals surface area contributed by atoms with Crippen LogP contribution in [0.15, 0.2) is 0 Å². The molecule has 0 atom stereocenters. The van der Waals surface area contributed by atoms with Crippen molar-refractivity contribution in [2.24, 2.45) is 5.92 Å². The van der Waals surface area contributed by atoms with Crippen molar-refractivity contribution < 1.29 is 4.79 Å². The van der Waals surface area contributed by atoms with E-state index in [1.807, 2.05) is 19.0 Å². The average Bonchev–Trinajstić information content (AvgIpc) is 2.74. The molecule has 1 aromatic rings. The minimum atomic E-state index is -0.0305. The van der Waals surface area contributed by atoms with Gasteiger partial charge in [-0.1, -0.05) is 25.2 Å². The van der Waals surface area contributed by atoms with Gasteiger partial charge >= 0.3 is 0 Å². The number of hydrogen-bond donors (Lipinski definition) is 2. The van der Waals surface area contributed by atoms with E-state index in [9.17, 15) is 4.79 Å². The zero-order valence-electron chi connectivity index (χ0n) is 12.9. The number of aromatic nitrogens is 1. The standard InChI is InChI=1S/C13H25N5OS/c1-9(2)8-18(7-6-17(4)5)12(19)10-11(14)16-13(15-3)20-10/h9H,6-8,14H2,1-5H3,(H,15,16). The quantitative estimate of drug-likeness (QED) is 0.796. The fourth-order valence-electron chi connectivity index (χ4n) is 1.77. The number of rotatable bonds is 7. The Kier molecular flexibility index (Phi) is 6.22. The molecule has 3 N–H and O–H groups in total. The topological polar surface area (TPSA) is 74.5 Å². The van der Waals surface area contributed by atoms with Gasteiger partial charge in [0.1, 0.15) is 10.7 Å². The summed E-state index contributed by atoms with van der Waals surface area (Å²) >= 11 is 1.31. The van der Waals surface area contributed by atoms with Gasteiger partial charge in [0.2, 0.25) is 0 Å². The Labute approximate surface area is 125 Å². The molecule has 1 aromatic heterocycles. The van der Waals surface area contributed by atoms with Gasteiger partial charge in [0.05, 0.1) is 0 Å². The van der Waals surface area contributed by atoms with Crippen LogP contribution in [0.2, 0.25) is 0 Å². The summed E-state index contributed by atoms with van der Waals surface area (Å²) in [4.78, 5) is 21.2. The van der Waals surface area contributed by atoms with Crippen molar-refractivity contribution in [2.75, 3.05) is 51.8 Å². The van der Waals surface area contributed by atoms with Gasteiger partial charge in [0.25, 0.3) is 5.91 Å². The second kappa shape index (κ2) is 7.44. The number of nitrogens with two attached hydrogens (primary N) is 1. The first-order valence-electron chi connectivity index (χ1n) is 6.73. The summed E-state index contributed by atoms with van der Waals surface area (Å²) in [6, 6.07) is 0. The molecule has 0 saturated heterocycles. The summed E-state index contributed by atoms with van der Waals surface area (Å²) in [6.45, 7) is 6.45. The molecule has 6 nitrogen and oxygen atoms in total. The number of nitrogens with one attached hydrogen (secondary N) is 1. The van der Waals surface area contributed by atoms with Gasteiger partial charge in [-0.15, -0.1) is 0 Å². The molecule has 0 aromatic carbocycles. The van der Waals surface area contributed by atoms with Crippen molar-refractivity contribution >= 4 is 28.2 Å². The van der Waals surface area contributed by atoms with E-state index in [1.54, 1.807) is 7.05 Å². The molecule has 0 radical (unpaired) electrons. The van der Waals surface area contributed by atoms with Crippen molar-refractivity contribution in [1.29, 1.82) is 0 Å². The highest BCUT2D eigenvalue weighted by Gasteiger charge is 2.22. The van der Waals surface area contributed by atoms with Crippen molar-refractivity contribution in [1.82, 2.24) is 14.8 Å². The van der Waals surface area contributed by atoms with E-state index in [0.29, 0.717) is 28.3 Å². The first-order valence-corrected chi connectivity index (χ1v) is 7.54. The van der Waals surface area contributed by atoms with Crippen LogP contribution in [0, 0.1) is 5.92 Å². The third kappa shape index (κ3) is 4.64. The van der Waals surface area contributed by atoms with Crippen LogP contribution < -0.4 is 11.1 Å². The number of carbonyl (C=O) groups excluding carboxylic acids is 1. The molecular formula is C13H25N5OS. The molecule has 0 saturated carbocycles. The third-order valence-corrected chi connectivity index (χ3v) is 3.83. The van der Waals surface area contributed by atoms with Crippen LogP contribution in [0.1, 0.15) is 23.5 Å². The number of likely N-dealkylation sites (N-methyl/N-ethyl adjacent to an activating group) is 1. The molecule has 0 aliphatic heterocycles. The monoisotopic (exact) mass is 299 g/mol. The van der Waals surface area contributed by atoms with Gasteiger partial charge in [-0.05, 0) is 20.0 Å². The lowest BCUT2D eigenvalue weighted by Gasteiger charge is -2.25. The third-order valence-electron chi connectivity index (χ3n) is 2.75. The lowest BCUT2D eigenvalue weighted by molar-refractivity contribution is 0.0730. The van der Waals surface area contributed by atoms with Gasteiger partial charge in [0.15, 0.2) is 5.13 Å². The Morgan fingerprint density at radius 2 is 2.05 bits per heavy atom. The summed E-state index contributed by atoms with van der Waals surface area (Å²) < 4.78 is 0. The highest BCUT2D eigenvalue weighted by Crippen LogP contribution is 2.26. The summed E-state index contributed by atoms with van der Waals surface area (Å²) in [7, 11) is 5.76. The highest BCUT2D eigenvalue weighted by molar-refractivity contribution is 7.18. The summed E-state index contributed by atoms with van der Waals surface area (Å²) in [5, 5.41) is 3.59. The maximum atomic E-state index is 12.6. The van der Waals surface area contributed by atoms with Crippen LogP contribution in [-0.2, 0) is 0 Å². The average molecular weight is 299 g/mol. The number of amides is 1. The molecule has 0 fully saturated rings. The van der Waals surface area contributed by atoms with E-state index >= 15 is 0 Å². The Morgan fingerprint density at radius 1 is 1.40 bits per heavy atom. The van der Waals surface area contributed by atoms with Crippen LogP contribution in [0.25, 0.3) is 0 Å². The normalized spacial score (nSPS) is 11.2. The Morgan fingerprint density at radius 3 is 2.50 bits per heavy atom. The summed E-state index contributed by atoms with van der Waals surface area (Å²) in [5.74, 6) is 0.694. The molecule has 1 heterocycles. The molecule has 1 amide bonds. The lowest BCUT2D eigenvalue weighted by Crippen LogP contribution is -2.38. The van der Waals surface area contributed by atoms with Crippen LogP contribution in [0.5, 0.6) is 0 Å². The molecule has 1 rings (SSSR count). The van der Waals surface area contributed by atoms with Crippen molar-refractivity contribution in [3.05, 3.63) is 4.88 Å². The van der Waals surface area contributed by atoms with E-state index in [1.165, 1.54) is 11.3 Å². The minimum absolute atomic E-state index is 0.0305. The smallest absolute Gasteiger partial charge is 0.267 e. The highest BCUT2D eigenvalue weighted by atomic mass is 32.1. The van der Waals surface area contributed by atoms with E-state index in [-0.39, 0.29) is 5.91 Å². The predicted octanol–water partition coefficient (Wildman–Crippen LogP) is 1.43. The molecule has 0 bridgehead atoms. The van der Waals surface area contributed by atoms with Crippen LogP contribution in [0.4, 0.5) is 10.9 Å². The van der Waals surface area contributed by atoms with E-state index in [0.717, 1.165) is 13.1 Å². The number of anilines is 2. The van der Waals surface area contributed by atoms with Crippen LogP contribution in [0.3, 0.4) is 0 Å². The molecule has 0 aliphatic rings. The Hall–Kier alpha value is -1.34. The second-order valence-electron chi connectivity index (χ2n) is 5.43. The molecule has 0 unspecified atom stereocenters. The maximum Gasteiger partial charge on any atom is 0.267 e. The van der Waals surface area contributed by atoms with E-state index < -0.39 is 0 Å². The number of nitrogen functional groups attached to an aromatic ring is 1. The number of nitrogens with zero attached hydrogens (tertiary/aromatic N) is 3. The summed E-state index contributed by atoms with van der Waals surface area (Å²) in [5.41, 5.74) is 5.84. The lowest BCUT2D eigenvalue weighted by atomic mass is 10.2. The maximum absolute atomic E-state index is 12.6. The first-order chi connectivity index (χ1) is 9.35. The van der Waals surface area contributed by atoms with Crippen molar-refractivity contribution in [3.8, 4) is 0 Å². The van der Waals surface area contributed by atoms with Gasteiger partial charge in [-0.3, -0.25) is 4.79 Å². The van der Waals surface area contributed by atoms with Gasteiger partial charge in [0, 0.05) is 26.7 Å². The molecule has 20 heavy (non-hydrogen) atoms. The zero-order chi connectivity index (χ0) is 15.3. The Balaban J connectivity index is 2.87. The number of thiazole rings is 1. The number of hydrogen-bond acceptors (Lipinski definition) is 6. The Bertz CT molecular complexity index is 444. The fourth-order valence-corrected chi connectivity index (χ4v) is 2.58. The molecule has 7 heteroatoms. The number of carbonyl (C=O) groups is 1. The van der Waals surface area contributed by atoms with E-state index in [4.69, 9.17) is 5.73 Å². The SMILES string of the molecule is CNc1nc(N)c(C(=O)N(CCN(C)C)CC(C)C)s1. The molecule has 114 valence electrons. The van der Waals surface area contributed by atoms with Gasteiger partial charge in [-0.2, -0.15) is 0 Å². The largest absolute Gasteiger partial charge is 0.382 e. The first kappa shape index (κ1) is 16.7. The zero-order valence-corrected chi connectivity index (χ0v) is 13.8.